The van der Waals surface area contributed by atoms with Crippen LogP contribution in [0.2, 0.25) is 0 Å². The second-order valence-electron chi connectivity index (χ2n) is 6.19. The monoisotopic (exact) mass is 261 g/mol. The van der Waals surface area contributed by atoms with E-state index in [2.05, 4.69) is 56.9 Å². The smallest absolute Gasteiger partial charge is 0.0942 e. The number of rotatable bonds is 3. The number of aliphatic hydroxyl groups is 1. The SMILES string of the molecule is Cc1ccc(C(O)C(C)N2CCCC(C)C2C)cc1. The second kappa shape index (κ2) is 6.06. The molecule has 1 fully saturated rings. The fourth-order valence-electron chi connectivity index (χ4n) is 3.17. The third-order valence-corrected chi connectivity index (χ3v) is 4.82. The first-order valence-electron chi connectivity index (χ1n) is 7.51. The zero-order valence-electron chi connectivity index (χ0n) is 12.6. The molecule has 2 nitrogen and oxygen atoms in total. The van der Waals surface area contributed by atoms with Crippen LogP contribution < -0.4 is 0 Å². The minimum atomic E-state index is -0.395. The van der Waals surface area contributed by atoms with Gasteiger partial charge < -0.3 is 5.11 Å². The Morgan fingerprint density at radius 1 is 1.21 bits per heavy atom. The molecule has 0 amide bonds. The standard InChI is InChI=1S/C17H27NO/c1-12-7-9-16(10-8-12)17(19)15(4)18-11-5-6-13(2)14(18)3/h7-10,13-15,17,19H,5-6,11H2,1-4H3. The van der Waals surface area contributed by atoms with E-state index < -0.39 is 6.10 Å². The van der Waals surface area contributed by atoms with Gasteiger partial charge in [-0.2, -0.15) is 0 Å². The quantitative estimate of drug-likeness (QED) is 0.899. The summed E-state index contributed by atoms with van der Waals surface area (Å²) in [5, 5.41) is 10.6. The Morgan fingerprint density at radius 2 is 1.84 bits per heavy atom. The van der Waals surface area contributed by atoms with E-state index in [0.717, 1.165) is 18.0 Å². The van der Waals surface area contributed by atoms with Crippen molar-refractivity contribution in [2.45, 2.75) is 58.7 Å². The van der Waals surface area contributed by atoms with Crippen LogP contribution in [-0.2, 0) is 0 Å². The van der Waals surface area contributed by atoms with Crippen LogP contribution in [0.15, 0.2) is 24.3 Å². The number of aliphatic hydroxyl groups excluding tert-OH is 1. The van der Waals surface area contributed by atoms with Crippen LogP contribution >= 0.6 is 0 Å². The predicted molar refractivity (Wildman–Crippen MR) is 80.2 cm³/mol. The molecule has 1 aromatic carbocycles. The van der Waals surface area contributed by atoms with E-state index in [1.54, 1.807) is 0 Å². The van der Waals surface area contributed by atoms with Gasteiger partial charge in [-0.3, -0.25) is 4.90 Å². The molecule has 2 heteroatoms. The van der Waals surface area contributed by atoms with Crippen molar-refractivity contribution in [3.63, 3.8) is 0 Å². The summed E-state index contributed by atoms with van der Waals surface area (Å²) in [7, 11) is 0. The van der Waals surface area contributed by atoms with Crippen molar-refractivity contribution in [2.24, 2.45) is 5.92 Å². The lowest BCUT2D eigenvalue weighted by atomic mass is 9.89. The van der Waals surface area contributed by atoms with Crippen LogP contribution in [-0.4, -0.2) is 28.6 Å². The number of benzene rings is 1. The highest BCUT2D eigenvalue weighted by Gasteiger charge is 2.31. The summed E-state index contributed by atoms with van der Waals surface area (Å²) in [5.41, 5.74) is 2.27. The Hall–Kier alpha value is -0.860. The molecule has 1 saturated heterocycles. The van der Waals surface area contributed by atoms with E-state index in [4.69, 9.17) is 0 Å². The van der Waals surface area contributed by atoms with Gasteiger partial charge in [0.1, 0.15) is 0 Å². The summed E-state index contributed by atoms with van der Waals surface area (Å²) in [4.78, 5) is 2.47. The fourth-order valence-corrected chi connectivity index (χ4v) is 3.17. The molecule has 0 bridgehead atoms. The molecular formula is C17H27NO. The minimum Gasteiger partial charge on any atom is -0.387 e. The van der Waals surface area contributed by atoms with Crippen LogP contribution in [0.1, 0.15) is 50.8 Å². The van der Waals surface area contributed by atoms with Crippen molar-refractivity contribution in [1.29, 1.82) is 0 Å². The van der Waals surface area contributed by atoms with Gasteiger partial charge in [0, 0.05) is 12.1 Å². The highest BCUT2D eigenvalue weighted by Crippen LogP contribution is 2.29. The number of aryl methyl sites for hydroxylation is 1. The number of nitrogens with zero attached hydrogens (tertiary/aromatic N) is 1. The van der Waals surface area contributed by atoms with Crippen molar-refractivity contribution < 1.29 is 5.11 Å². The van der Waals surface area contributed by atoms with E-state index in [1.165, 1.54) is 18.4 Å². The molecule has 1 heterocycles. The molecule has 0 aromatic heterocycles. The Kier molecular flexibility index (Phi) is 4.64. The Labute approximate surface area is 117 Å². The van der Waals surface area contributed by atoms with Crippen molar-refractivity contribution in [3.8, 4) is 0 Å². The van der Waals surface area contributed by atoms with Crippen LogP contribution in [0.3, 0.4) is 0 Å². The van der Waals surface area contributed by atoms with Gasteiger partial charge in [0.25, 0.3) is 0 Å². The number of hydrogen-bond acceptors (Lipinski definition) is 2. The molecule has 2 rings (SSSR count). The zero-order chi connectivity index (χ0) is 14.0. The number of hydrogen-bond donors (Lipinski definition) is 1. The van der Waals surface area contributed by atoms with Crippen LogP contribution in [0, 0.1) is 12.8 Å². The number of likely N-dealkylation sites (tertiary alicyclic amines) is 1. The summed E-state index contributed by atoms with van der Waals surface area (Å²) in [6.07, 6.45) is 2.16. The highest BCUT2D eigenvalue weighted by atomic mass is 16.3. The molecule has 1 aromatic rings. The maximum Gasteiger partial charge on any atom is 0.0942 e. The maximum absolute atomic E-state index is 10.6. The van der Waals surface area contributed by atoms with Gasteiger partial charge in [0.2, 0.25) is 0 Å². The molecule has 1 aliphatic heterocycles. The van der Waals surface area contributed by atoms with Gasteiger partial charge in [-0.05, 0) is 51.6 Å². The molecule has 1 N–H and O–H groups in total. The van der Waals surface area contributed by atoms with Crippen molar-refractivity contribution in [1.82, 2.24) is 4.90 Å². The number of piperidine rings is 1. The third kappa shape index (κ3) is 3.18. The molecular weight excluding hydrogens is 234 g/mol. The Morgan fingerprint density at radius 3 is 2.47 bits per heavy atom. The lowest BCUT2D eigenvalue weighted by Gasteiger charge is -2.43. The molecule has 4 unspecified atom stereocenters. The van der Waals surface area contributed by atoms with Crippen LogP contribution in [0.5, 0.6) is 0 Å². The Bertz CT molecular complexity index is 400. The first-order chi connectivity index (χ1) is 9.00. The van der Waals surface area contributed by atoms with Crippen molar-refractivity contribution in [2.75, 3.05) is 6.54 Å². The molecule has 1 aliphatic rings. The summed E-state index contributed by atoms with van der Waals surface area (Å²) in [6, 6.07) is 8.99. The third-order valence-electron chi connectivity index (χ3n) is 4.82. The van der Waals surface area contributed by atoms with E-state index in [9.17, 15) is 5.11 Å². The molecule has 0 saturated carbocycles. The molecule has 0 aliphatic carbocycles. The predicted octanol–water partition coefficient (Wildman–Crippen LogP) is 3.54. The van der Waals surface area contributed by atoms with E-state index in [1.807, 2.05) is 0 Å². The molecule has 19 heavy (non-hydrogen) atoms. The summed E-state index contributed by atoms with van der Waals surface area (Å²) >= 11 is 0. The van der Waals surface area contributed by atoms with Gasteiger partial charge in [0.15, 0.2) is 0 Å². The van der Waals surface area contributed by atoms with Gasteiger partial charge >= 0.3 is 0 Å². The lowest BCUT2D eigenvalue weighted by molar-refractivity contribution is 0.00291. The normalized spacial score (nSPS) is 28.1. The molecule has 0 spiro atoms. The van der Waals surface area contributed by atoms with E-state index in [0.29, 0.717) is 6.04 Å². The molecule has 0 radical (unpaired) electrons. The topological polar surface area (TPSA) is 23.5 Å². The van der Waals surface area contributed by atoms with Gasteiger partial charge in [-0.15, -0.1) is 0 Å². The summed E-state index contributed by atoms with van der Waals surface area (Å²) < 4.78 is 0. The van der Waals surface area contributed by atoms with Crippen molar-refractivity contribution >= 4 is 0 Å². The average molecular weight is 261 g/mol. The second-order valence-corrected chi connectivity index (χ2v) is 6.19. The van der Waals surface area contributed by atoms with Crippen molar-refractivity contribution in [3.05, 3.63) is 35.4 Å². The first-order valence-corrected chi connectivity index (χ1v) is 7.51. The van der Waals surface area contributed by atoms with E-state index in [-0.39, 0.29) is 6.04 Å². The van der Waals surface area contributed by atoms with Gasteiger partial charge in [-0.25, -0.2) is 0 Å². The lowest BCUT2D eigenvalue weighted by Crippen LogP contribution is -2.49. The zero-order valence-corrected chi connectivity index (χ0v) is 12.6. The van der Waals surface area contributed by atoms with E-state index >= 15 is 0 Å². The molecule has 4 atom stereocenters. The highest BCUT2D eigenvalue weighted by molar-refractivity contribution is 5.24. The summed E-state index contributed by atoms with van der Waals surface area (Å²) in [6.45, 7) is 9.95. The Balaban J connectivity index is 2.09. The van der Waals surface area contributed by atoms with Gasteiger partial charge in [-0.1, -0.05) is 36.8 Å². The molecule has 106 valence electrons. The largest absolute Gasteiger partial charge is 0.387 e. The summed E-state index contributed by atoms with van der Waals surface area (Å²) in [5.74, 6) is 0.724. The van der Waals surface area contributed by atoms with Crippen LogP contribution in [0.25, 0.3) is 0 Å². The first kappa shape index (κ1) is 14.5. The fraction of sp³-hybridized carbons (Fsp3) is 0.647. The van der Waals surface area contributed by atoms with Gasteiger partial charge in [0.05, 0.1) is 6.10 Å². The maximum atomic E-state index is 10.6. The average Bonchev–Trinajstić information content (AvgIpc) is 2.41. The minimum absolute atomic E-state index is 0.181. The van der Waals surface area contributed by atoms with Crippen LogP contribution in [0.4, 0.5) is 0 Å².